The number of hydrogen-bond acceptors (Lipinski definition) is 3. The SMILES string of the molecule is CCCC(NC(=O)NCc1ccc(F)cc1)C(=O)N1CCN(CC)CC1. The first-order valence-electron chi connectivity index (χ1n) is 9.33. The van der Waals surface area contributed by atoms with E-state index in [0.717, 1.165) is 31.6 Å². The molecule has 0 saturated carbocycles. The first-order valence-corrected chi connectivity index (χ1v) is 9.33. The van der Waals surface area contributed by atoms with Gasteiger partial charge in [0.05, 0.1) is 0 Å². The van der Waals surface area contributed by atoms with Crippen LogP contribution in [0.3, 0.4) is 0 Å². The molecule has 1 heterocycles. The summed E-state index contributed by atoms with van der Waals surface area (Å²) in [6.45, 7) is 8.53. The van der Waals surface area contributed by atoms with Gasteiger partial charge < -0.3 is 20.4 Å². The molecular weight excluding hydrogens is 335 g/mol. The largest absolute Gasteiger partial charge is 0.338 e. The Bertz CT molecular complexity index is 586. The lowest BCUT2D eigenvalue weighted by atomic mass is 10.1. The van der Waals surface area contributed by atoms with Gasteiger partial charge >= 0.3 is 6.03 Å². The molecule has 1 aromatic rings. The average Bonchev–Trinajstić information content (AvgIpc) is 2.66. The van der Waals surface area contributed by atoms with E-state index in [1.807, 2.05) is 11.8 Å². The minimum atomic E-state index is -0.513. The molecule has 144 valence electrons. The minimum Gasteiger partial charge on any atom is -0.338 e. The zero-order chi connectivity index (χ0) is 18.9. The normalized spacial score (nSPS) is 16.2. The highest BCUT2D eigenvalue weighted by molar-refractivity contribution is 5.87. The average molecular weight is 364 g/mol. The summed E-state index contributed by atoms with van der Waals surface area (Å²) in [7, 11) is 0. The lowest BCUT2D eigenvalue weighted by molar-refractivity contribution is -0.135. The van der Waals surface area contributed by atoms with Crippen LogP contribution >= 0.6 is 0 Å². The van der Waals surface area contributed by atoms with E-state index >= 15 is 0 Å². The van der Waals surface area contributed by atoms with Crippen molar-refractivity contribution >= 4 is 11.9 Å². The lowest BCUT2D eigenvalue weighted by Crippen LogP contribution is -2.55. The summed E-state index contributed by atoms with van der Waals surface area (Å²) in [5, 5.41) is 5.52. The molecule has 0 bridgehead atoms. The number of carbonyl (C=O) groups is 2. The number of urea groups is 1. The number of carbonyl (C=O) groups excluding carboxylic acids is 2. The number of amides is 3. The molecule has 2 rings (SSSR count). The number of rotatable bonds is 7. The molecule has 1 aromatic carbocycles. The van der Waals surface area contributed by atoms with Crippen LogP contribution in [-0.4, -0.2) is 60.5 Å². The van der Waals surface area contributed by atoms with Gasteiger partial charge in [0.1, 0.15) is 11.9 Å². The van der Waals surface area contributed by atoms with E-state index in [9.17, 15) is 14.0 Å². The summed E-state index contributed by atoms with van der Waals surface area (Å²) >= 11 is 0. The van der Waals surface area contributed by atoms with Gasteiger partial charge in [-0.1, -0.05) is 32.4 Å². The number of hydrogen-bond donors (Lipinski definition) is 2. The molecule has 26 heavy (non-hydrogen) atoms. The van der Waals surface area contributed by atoms with Crippen molar-refractivity contribution in [2.75, 3.05) is 32.7 Å². The van der Waals surface area contributed by atoms with Crippen molar-refractivity contribution in [3.05, 3.63) is 35.6 Å². The monoisotopic (exact) mass is 364 g/mol. The van der Waals surface area contributed by atoms with Gasteiger partial charge in [0.15, 0.2) is 0 Å². The van der Waals surface area contributed by atoms with Crippen molar-refractivity contribution in [3.63, 3.8) is 0 Å². The molecule has 1 saturated heterocycles. The van der Waals surface area contributed by atoms with Crippen LogP contribution in [-0.2, 0) is 11.3 Å². The third-order valence-corrected chi connectivity index (χ3v) is 4.68. The van der Waals surface area contributed by atoms with E-state index in [0.29, 0.717) is 19.5 Å². The van der Waals surface area contributed by atoms with Gasteiger partial charge in [-0.15, -0.1) is 0 Å². The Morgan fingerprint density at radius 2 is 1.77 bits per heavy atom. The summed E-state index contributed by atoms with van der Waals surface area (Å²) in [5.41, 5.74) is 0.801. The lowest BCUT2D eigenvalue weighted by Gasteiger charge is -2.36. The van der Waals surface area contributed by atoms with Crippen LogP contribution in [0.15, 0.2) is 24.3 Å². The van der Waals surface area contributed by atoms with Crippen LogP contribution in [0.1, 0.15) is 32.3 Å². The standard InChI is InChI=1S/C19H29FN4O2/c1-3-5-17(18(25)24-12-10-23(4-2)11-13-24)22-19(26)21-14-15-6-8-16(20)9-7-15/h6-9,17H,3-5,10-14H2,1-2H3,(H2,21,22,26). The molecule has 3 amide bonds. The molecule has 0 aromatic heterocycles. The highest BCUT2D eigenvalue weighted by Crippen LogP contribution is 2.08. The summed E-state index contributed by atoms with van der Waals surface area (Å²) in [6, 6.07) is 5.06. The molecule has 1 aliphatic rings. The van der Waals surface area contributed by atoms with Gasteiger partial charge in [0, 0.05) is 32.7 Å². The number of nitrogens with zero attached hydrogens (tertiary/aromatic N) is 2. The Balaban J connectivity index is 1.84. The van der Waals surface area contributed by atoms with Crippen molar-refractivity contribution in [3.8, 4) is 0 Å². The van der Waals surface area contributed by atoms with Gasteiger partial charge in [-0.05, 0) is 30.7 Å². The summed E-state index contributed by atoms with van der Waals surface area (Å²) in [6.07, 6.45) is 1.42. The Morgan fingerprint density at radius 3 is 2.35 bits per heavy atom. The number of piperazine rings is 1. The molecule has 1 aliphatic heterocycles. The molecule has 7 heteroatoms. The maximum absolute atomic E-state index is 12.9. The van der Waals surface area contributed by atoms with Crippen molar-refractivity contribution in [2.24, 2.45) is 0 Å². The van der Waals surface area contributed by atoms with E-state index in [2.05, 4.69) is 22.5 Å². The quantitative estimate of drug-likeness (QED) is 0.777. The second-order valence-corrected chi connectivity index (χ2v) is 6.55. The van der Waals surface area contributed by atoms with Crippen molar-refractivity contribution < 1.29 is 14.0 Å². The minimum absolute atomic E-state index is 0.0143. The van der Waals surface area contributed by atoms with E-state index in [-0.39, 0.29) is 24.3 Å². The van der Waals surface area contributed by atoms with Gasteiger partial charge in [0.25, 0.3) is 0 Å². The van der Waals surface area contributed by atoms with Crippen LogP contribution < -0.4 is 10.6 Å². The highest BCUT2D eigenvalue weighted by atomic mass is 19.1. The van der Waals surface area contributed by atoms with Gasteiger partial charge in [0.2, 0.25) is 5.91 Å². The molecule has 2 N–H and O–H groups in total. The van der Waals surface area contributed by atoms with Gasteiger partial charge in [-0.25, -0.2) is 9.18 Å². The first-order chi connectivity index (χ1) is 12.5. The Hall–Kier alpha value is -2.15. The van der Waals surface area contributed by atoms with Crippen LogP contribution in [0, 0.1) is 5.82 Å². The van der Waals surface area contributed by atoms with E-state index in [4.69, 9.17) is 0 Å². The summed E-state index contributed by atoms with van der Waals surface area (Å²) < 4.78 is 12.9. The molecular formula is C19H29FN4O2. The van der Waals surface area contributed by atoms with E-state index in [1.54, 1.807) is 12.1 Å². The number of likely N-dealkylation sites (N-methyl/N-ethyl adjacent to an activating group) is 1. The van der Waals surface area contributed by atoms with Crippen LogP contribution in [0.25, 0.3) is 0 Å². The number of benzene rings is 1. The summed E-state index contributed by atoms with van der Waals surface area (Å²) in [5.74, 6) is -0.325. The first kappa shape index (κ1) is 20.2. The Morgan fingerprint density at radius 1 is 1.12 bits per heavy atom. The van der Waals surface area contributed by atoms with Crippen LogP contribution in [0.4, 0.5) is 9.18 Å². The maximum Gasteiger partial charge on any atom is 0.315 e. The molecule has 0 aliphatic carbocycles. The smallest absolute Gasteiger partial charge is 0.315 e. The van der Waals surface area contributed by atoms with Crippen molar-refractivity contribution in [1.82, 2.24) is 20.4 Å². The number of halogens is 1. The Labute approximate surface area is 154 Å². The zero-order valence-electron chi connectivity index (χ0n) is 15.6. The molecule has 0 radical (unpaired) electrons. The second-order valence-electron chi connectivity index (χ2n) is 6.55. The highest BCUT2D eigenvalue weighted by Gasteiger charge is 2.27. The zero-order valence-corrected chi connectivity index (χ0v) is 15.6. The van der Waals surface area contributed by atoms with E-state index < -0.39 is 6.04 Å². The van der Waals surface area contributed by atoms with Crippen molar-refractivity contribution in [2.45, 2.75) is 39.3 Å². The van der Waals surface area contributed by atoms with Crippen LogP contribution in [0.5, 0.6) is 0 Å². The van der Waals surface area contributed by atoms with Crippen molar-refractivity contribution in [1.29, 1.82) is 0 Å². The van der Waals surface area contributed by atoms with Crippen LogP contribution in [0.2, 0.25) is 0 Å². The molecule has 1 fully saturated rings. The second kappa shape index (κ2) is 10.1. The number of nitrogens with one attached hydrogen (secondary N) is 2. The van der Waals surface area contributed by atoms with Gasteiger partial charge in [-0.3, -0.25) is 4.79 Å². The Kier molecular flexibility index (Phi) is 7.84. The fourth-order valence-corrected chi connectivity index (χ4v) is 3.04. The third-order valence-electron chi connectivity index (χ3n) is 4.68. The van der Waals surface area contributed by atoms with E-state index in [1.165, 1.54) is 12.1 Å². The fraction of sp³-hybridized carbons (Fsp3) is 0.579. The molecule has 6 nitrogen and oxygen atoms in total. The maximum atomic E-state index is 12.9. The predicted molar refractivity (Wildman–Crippen MR) is 99.2 cm³/mol. The van der Waals surface area contributed by atoms with Gasteiger partial charge in [-0.2, -0.15) is 0 Å². The molecule has 0 spiro atoms. The predicted octanol–water partition coefficient (Wildman–Crippen LogP) is 1.96. The summed E-state index contributed by atoms with van der Waals surface area (Å²) in [4.78, 5) is 29.1. The topological polar surface area (TPSA) is 64.7 Å². The fourth-order valence-electron chi connectivity index (χ4n) is 3.04. The molecule has 1 atom stereocenters. The molecule has 1 unspecified atom stereocenters. The third kappa shape index (κ3) is 5.98.